The molecule has 4 nitrogen and oxygen atoms in total. The Kier molecular flexibility index (Phi) is 6.33. The maximum atomic E-state index is 8.22. The summed E-state index contributed by atoms with van der Waals surface area (Å²) in [6.45, 7) is 10.7. The molecule has 3 N–H and O–H groups in total. The van der Waals surface area contributed by atoms with E-state index in [1.54, 1.807) is 6.11 Å². The summed E-state index contributed by atoms with van der Waals surface area (Å²) >= 11 is 0. The summed E-state index contributed by atoms with van der Waals surface area (Å²) in [5.74, 6) is 3.01. The van der Waals surface area contributed by atoms with E-state index in [1.165, 1.54) is 23.7 Å². The number of ether oxygens (including phenoxy) is 1. The van der Waals surface area contributed by atoms with E-state index < -0.39 is 6.10 Å². The summed E-state index contributed by atoms with van der Waals surface area (Å²) in [6, 6.07) is 6.22. The molecule has 0 aromatic heterocycles. The second kappa shape index (κ2) is 7.77. The molecule has 4 heteroatoms. The fraction of sp³-hybridized carbons (Fsp3) is 0.444. The number of aliphatic hydroxyl groups is 2. The van der Waals surface area contributed by atoms with Gasteiger partial charge in [-0.15, -0.1) is 0 Å². The highest BCUT2D eigenvalue weighted by Gasteiger charge is 2.22. The van der Waals surface area contributed by atoms with Gasteiger partial charge in [-0.1, -0.05) is 6.08 Å². The lowest BCUT2D eigenvalue weighted by Gasteiger charge is -2.31. The van der Waals surface area contributed by atoms with E-state index in [9.17, 15) is 0 Å². The highest BCUT2D eigenvalue weighted by Crippen LogP contribution is 2.35. The zero-order valence-corrected chi connectivity index (χ0v) is 13.9. The molecule has 1 aromatic carbocycles. The number of aliphatic hydroxyl groups excluding tert-OH is 2. The van der Waals surface area contributed by atoms with Gasteiger partial charge in [0.15, 0.2) is 0 Å². The van der Waals surface area contributed by atoms with E-state index in [0.717, 1.165) is 5.75 Å². The maximum absolute atomic E-state index is 8.22. The van der Waals surface area contributed by atoms with Crippen LogP contribution in [-0.2, 0) is 0 Å². The molecule has 1 atom stereocenters. The average Bonchev–Trinajstić information content (AvgIpc) is 2.39. The maximum Gasteiger partial charge on any atom is 0.120 e. The SMILES string of the molecule is CC(O)C#CO.CCOc1ccc2c(c1)C(C)=CC(C)(C)N2. The summed E-state index contributed by atoms with van der Waals surface area (Å²) in [5.41, 5.74) is 3.77. The van der Waals surface area contributed by atoms with E-state index in [1.807, 2.05) is 13.0 Å². The summed E-state index contributed by atoms with van der Waals surface area (Å²) < 4.78 is 5.52. The number of benzene rings is 1. The van der Waals surface area contributed by atoms with E-state index in [2.05, 4.69) is 50.2 Å². The van der Waals surface area contributed by atoms with Crippen molar-refractivity contribution < 1.29 is 14.9 Å². The lowest BCUT2D eigenvalue weighted by atomic mass is 9.91. The standard InChI is InChI=1S/C14H19NO.C4H6O2/c1-5-16-11-6-7-13-12(8-11)10(2)9-14(3,4)15-13;1-4(6)2-3-5/h6-9,15H,5H2,1-4H3;4-6H,1H3. The fourth-order valence-corrected chi connectivity index (χ4v) is 2.31. The fourth-order valence-electron chi connectivity index (χ4n) is 2.31. The molecule has 22 heavy (non-hydrogen) atoms. The first-order valence-corrected chi connectivity index (χ1v) is 7.36. The quantitative estimate of drug-likeness (QED) is 0.733. The van der Waals surface area contributed by atoms with Crippen LogP contribution < -0.4 is 10.1 Å². The molecule has 0 amide bonds. The monoisotopic (exact) mass is 303 g/mol. The van der Waals surface area contributed by atoms with Gasteiger partial charge in [0.1, 0.15) is 18.0 Å². The first-order valence-electron chi connectivity index (χ1n) is 7.36. The highest BCUT2D eigenvalue weighted by molar-refractivity contribution is 5.80. The van der Waals surface area contributed by atoms with Gasteiger partial charge in [-0.05, 0) is 64.3 Å². The molecule has 0 fully saturated rings. The predicted octanol–water partition coefficient (Wildman–Crippen LogP) is 3.39. The van der Waals surface area contributed by atoms with Crippen molar-refractivity contribution in [3.63, 3.8) is 0 Å². The Labute approximate surface area is 132 Å². The van der Waals surface area contributed by atoms with Gasteiger partial charge >= 0.3 is 0 Å². The highest BCUT2D eigenvalue weighted by atomic mass is 16.5. The molecule has 2 rings (SSSR count). The second-order valence-electron chi connectivity index (χ2n) is 5.75. The lowest BCUT2D eigenvalue weighted by molar-refractivity contribution is 0.252. The predicted molar refractivity (Wildman–Crippen MR) is 90.4 cm³/mol. The minimum absolute atomic E-state index is 0.0320. The topological polar surface area (TPSA) is 61.7 Å². The Balaban J connectivity index is 0.000000346. The molecule has 0 spiro atoms. The van der Waals surface area contributed by atoms with Gasteiger partial charge in [-0.2, -0.15) is 0 Å². The van der Waals surface area contributed by atoms with Crippen LogP contribution in [0.2, 0.25) is 0 Å². The minimum Gasteiger partial charge on any atom is -0.494 e. The molecule has 0 radical (unpaired) electrons. The zero-order chi connectivity index (χ0) is 16.8. The number of fused-ring (bicyclic) bond motifs is 1. The molecule has 0 saturated heterocycles. The molecule has 120 valence electrons. The van der Waals surface area contributed by atoms with Crippen LogP contribution in [0.1, 0.15) is 40.2 Å². The van der Waals surface area contributed by atoms with Gasteiger partial charge < -0.3 is 20.3 Å². The van der Waals surface area contributed by atoms with E-state index in [4.69, 9.17) is 14.9 Å². The smallest absolute Gasteiger partial charge is 0.120 e. The number of hydrogen-bond acceptors (Lipinski definition) is 4. The number of allylic oxidation sites excluding steroid dienone is 1. The van der Waals surface area contributed by atoms with Crippen LogP contribution in [0.15, 0.2) is 24.3 Å². The molecule has 1 aliphatic rings. The van der Waals surface area contributed by atoms with Gasteiger partial charge in [0.05, 0.1) is 12.1 Å². The van der Waals surface area contributed by atoms with Crippen molar-refractivity contribution >= 4 is 11.3 Å². The van der Waals surface area contributed by atoms with Crippen molar-refractivity contribution in [2.45, 2.75) is 46.3 Å². The third kappa shape index (κ3) is 5.34. The first kappa shape index (κ1) is 17.9. The molecule has 0 bridgehead atoms. The molecule has 1 heterocycles. The van der Waals surface area contributed by atoms with Crippen LogP contribution in [0.4, 0.5) is 5.69 Å². The Hall–Kier alpha value is -2.12. The second-order valence-corrected chi connectivity index (χ2v) is 5.75. The zero-order valence-electron chi connectivity index (χ0n) is 13.9. The Morgan fingerprint density at radius 1 is 1.36 bits per heavy atom. The molecule has 0 aliphatic carbocycles. The van der Waals surface area contributed by atoms with E-state index in [0.29, 0.717) is 6.61 Å². The molecule has 1 aromatic rings. The van der Waals surface area contributed by atoms with Crippen molar-refractivity contribution in [2.75, 3.05) is 11.9 Å². The minimum atomic E-state index is -0.713. The largest absolute Gasteiger partial charge is 0.494 e. The van der Waals surface area contributed by atoms with Crippen LogP contribution >= 0.6 is 0 Å². The van der Waals surface area contributed by atoms with Crippen molar-refractivity contribution in [2.24, 2.45) is 0 Å². The van der Waals surface area contributed by atoms with Crippen molar-refractivity contribution in [1.29, 1.82) is 0 Å². The average molecular weight is 303 g/mol. The molecular formula is C18H25NO3. The Morgan fingerprint density at radius 3 is 2.55 bits per heavy atom. The van der Waals surface area contributed by atoms with Crippen LogP contribution in [0.3, 0.4) is 0 Å². The Morgan fingerprint density at radius 2 is 2.05 bits per heavy atom. The van der Waals surface area contributed by atoms with Gasteiger partial charge in [-0.3, -0.25) is 0 Å². The van der Waals surface area contributed by atoms with Crippen molar-refractivity contribution in [3.05, 3.63) is 29.8 Å². The van der Waals surface area contributed by atoms with Crippen LogP contribution in [0.5, 0.6) is 5.75 Å². The van der Waals surface area contributed by atoms with Gasteiger partial charge in [-0.25, -0.2) is 0 Å². The van der Waals surface area contributed by atoms with Gasteiger partial charge in [0.25, 0.3) is 0 Å². The lowest BCUT2D eigenvalue weighted by Crippen LogP contribution is -2.31. The normalized spacial score (nSPS) is 15.6. The summed E-state index contributed by atoms with van der Waals surface area (Å²) in [4.78, 5) is 0. The number of hydrogen-bond donors (Lipinski definition) is 3. The third-order valence-corrected chi connectivity index (χ3v) is 3.03. The first-order chi connectivity index (χ1) is 10.3. The number of anilines is 1. The molecular weight excluding hydrogens is 278 g/mol. The summed E-state index contributed by atoms with van der Waals surface area (Å²) in [7, 11) is 0. The Bertz CT molecular complexity index is 592. The number of rotatable bonds is 2. The summed E-state index contributed by atoms with van der Waals surface area (Å²) in [6.07, 6.45) is 3.11. The van der Waals surface area contributed by atoms with Gasteiger partial charge in [0, 0.05) is 11.3 Å². The van der Waals surface area contributed by atoms with E-state index >= 15 is 0 Å². The van der Waals surface area contributed by atoms with Crippen molar-refractivity contribution in [3.8, 4) is 17.8 Å². The number of nitrogens with one attached hydrogen (secondary N) is 1. The molecule has 1 unspecified atom stereocenters. The van der Waals surface area contributed by atoms with Crippen molar-refractivity contribution in [1.82, 2.24) is 0 Å². The van der Waals surface area contributed by atoms with Gasteiger partial charge in [0.2, 0.25) is 0 Å². The van der Waals surface area contributed by atoms with Crippen LogP contribution in [0, 0.1) is 12.0 Å². The van der Waals surface area contributed by atoms with Crippen LogP contribution in [-0.4, -0.2) is 28.5 Å². The summed E-state index contributed by atoms with van der Waals surface area (Å²) in [5, 5.41) is 19.4. The van der Waals surface area contributed by atoms with E-state index in [-0.39, 0.29) is 5.54 Å². The molecule has 1 aliphatic heterocycles. The van der Waals surface area contributed by atoms with Crippen LogP contribution in [0.25, 0.3) is 5.57 Å². The third-order valence-electron chi connectivity index (χ3n) is 3.03. The molecule has 0 saturated carbocycles.